The van der Waals surface area contributed by atoms with Crippen LogP contribution in [0.2, 0.25) is 0 Å². The third-order valence-electron chi connectivity index (χ3n) is 4.56. The average molecular weight is 441 g/mol. The highest BCUT2D eigenvalue weighted by Crippen LogP contribution is 2.22. The molecule has 0 saturated carbocycles. The Kier molecular flexibility index (Phi) is 5.84. The number of piperidine rings is 1. The number of nitrogens with one attached hydrogen (secondary N) is 1. The highest BCUT2D eigenvalue weighted by Gasteiger charge is 2.30. The van der Waals surface area contributed by atoms with Crippen molar-refractivity contribution in [2.24, 2.45) is 0 Å². The van der Waals surface area contributed by atoms with Gasteiger partial charge in [-0.1, -0.05) is 19.1 Å². The SMILES string of the molecule is CCc1ccc(S(=O)(=O)N2CCC(NC(=O)c3ccc(Br)o3)CC2)cc1. The largest absolute Gasteiger partial charge is 0.444 e. The second kappa shape index (κ2) is 7.94. The number of carbonyl (C=O) groups excluding carboxylic acids is 1. The van der Waals surface area contributed by atoms with E-state index in [1.807, 2.05) is 19.1 Å². The van der Waals surface area contributed by atoms with Crippen molar-refractivity contribution in [3.8, 4) is 0 Å². The fourth-order valence-electron chi connectivity index (χ4n) is 2.98. The van der Waals surface area contributed by atoms with Crippen LogP contribution in [0.4, 0.5) is 0 Å². The lowest BCUT2D eigenvalue weighted by molar-refractivity contribution is 0.0894. The normalized spacial score (nSPS) is 16.5. The Labute approximate surface area is 161 Å². The molecule has 2 aromatic rings. The predicted molar refractivity (Wildman–Crippen MR) is 101 cm³/mol. The van der Waals surface area contributed by atoms with Crippen molar-refractivity contribution >= 4 is 31.9 Å². The topological polar surface area (TPSA) is 79.6 Å². The number of sulfonamides is 1. The quantitative estimate of drug-likeness (QED) is 0.773. The Morgan fingerprint density at radius 3 is 2.38 bits per heavy atom. The van der Waals surface area contributed by atoms with E-state index in [2.05, 4.69) is 21.2 Å². The van der Waals surface area contributed by atoms with Crippen LogP contribution < -0.4 is 5.32 Å². The lowest BCUT2D eigenvalue weighted by atomic mass is 10.1. The number of furan rings is 1. The van der Waals surface area contributed by atoms with E-state index in [9.17, 15) is 13.2 Å². The maximum Gasteiger partial charge on any atom is 0.287 e. The van der Waals surface area contributed by atoms with Crippen LogP contribution in [-0.2, 0) is 16.4 Å². The molecule has 140 valence electrons. The van der Waals surface area contributed by atoms with E-state index in [4.69, 9.17) is 4.42 Å². The molecular formula is C18H21BrN2O4S. The van der Waals surface area contributed by atoms with Gasteiger partial charge in [-0.3, -0.25) is 4.79 Å². The van der Waals surface area contributed by atoms with Gasteiger partial charge in [-0.25, -0.2) is 8.42 Å². The monoisotopic (exact) mass is 440 g/mol. The van der Waals surface area contributed by atoms with Crippen LogP contribution in [0, 0.1) is 0 Å². The number of benzene rings is 1. The maximum atomic E-state index is 12.8. The Bertz CT molecular complexity index is 869. The molecule has 1 aliphatic heterocycles. The lowest BCUT2D eigenvalue weighted by Crippen LogP contribution is -2.46. The van der Waals surface area contributed by atoms with Gasteiger partial charge in [-0.15, -0.1) is 0 Å². The number of hydrogen-bond donors (Lipinski definition) is 1. The van der Waals surface area contributed by atoms with Gasteiger partial charge in [-0.05, 0) is 65.0 Å². The minimum absolute atomic E-state index is 0.0692. The van der Waals surface area contributed by atoms with Crippen LogP contribution in [0.5, 0.6) is 0 Å². The smallest absolute Gasteiger partial charge is 0.287 e. The highest BCUT2D eigenvalue weighted by molar-refractivity contribution is 9.10. The van der Waals surface area contributed by atoms with Crippen molar-refractivity contribution in [2.45, 2.75) is 37.1 Å². The fraction of sp³-hybridized carbons (Fsp3) is 0.389. The predicted octanol–water partition coefficient (Wildman–Crippen LogP) is 3.19. The van der Waals surface area contributed by atoms with E-state index in [-0.39, 0.29) is 17.7 Å². The molecule has 0 atom stereocenters. The molecule has 26 heavy (non-hydrogen) atoms. The Morgan fingerprint density at radius 2 is 1.85 bits per heavy atom. The van der Waals surface area contributed by atoms with Crippen molar-refractivity contribution in [2.75, 3.05) is 13.1 Å². The van der Waals surface area contributed by atoms with Gasteiger partial charge in [0.25, 0.3) is 5.91 Å². The number of rotatable bonds is 5. The highest BCUT2D eigenvalue weighted by atomic mass is 79.9. The first-order valence-electron chi connectivity index (χ1n) is 8.55. The fourth-order valence-corrected chi connectivity index (χ4v) is 4.76. The maximum absolute atomic E-state index is 12.8. The van der Waals surface area contributed by atoms with Crippen molar-refractivity contribution in [3.63, 3.8) is 0 Å². The molecule has 0 unspecified atom stereocenters. The van der Waals surface area contributed by atoms with Crippen LogP contribution in [0.3, 0.4) is 0 Å². The molecular weight excluding hydrogens is 420 g/mol. The molecule has 8 heteroatoms. The number of hydrogen-bond acceptors (Lipinski definition) is 4. The summed E-state index contributed by atoms with van der Waals surface area (Å²) in [5.41, 5.74) is 1.11. The van der Waals surface area contributed by atoms with Crippen molar-refractivity contribution < 1.29 is 17.6 Å². The summed E-state index contributed by atoms with van der Waals surface area (Å²) >= 11 is 3.17. The van der Waals surface area contributed by atoms with Crippen LogP contribution >= 0.6 is 15.9 Å². The van der Waals surface area contributed by atoms with E-state index in [0.29, 0.717) is 35.5 Å². The molecule has 2 heterocycles. The van der Waals surface area contributed by atoms with Crippen molar-refractivity contribution in [3.05, 3.63) is 52.4 Å². The van der Waals surface area contributed by atoms with Crippen LogP contribution in [0.25, 0.3) is 0 Å². The first-order valence-corrected chi connectivity index (χ1v) is 10.8. The minimum Gasteiger partial charge on any atom is -0.444 e. The molecule has 1 fully saturated rings. The zero-order valence-corrected chi connectivity index (χ0v) is 16.8. The van der Waals surface area contributed by atoms with Gasteiger partial charge >= 0.3 is 0 Å². The average Bonchev–Trinajstić information content (AvgIpc) is 3.09. The third kappa shape index (κ3) is 4.19. The number of amides is 1. The molecule has 0 spiro atoms. The summed E-state index contributed by atoms with van der Waals surface area (Å²) in [6.45, 7) is 2.79. The molecule has 1 aromatic heterocycles. The van der Waals surface area contributed by atoms with E-state index < -0.39 is 10.0 Å². The summed E-state index contributed by atoms with van der Waals surface area (Å²) in [5, 5.41) is 2.90. The van der Waals surface area contributed by atoms with Gasteiger partial charge in [0.1, 0.15) is 0 Å². The van der Waals surface area contributed by atoms with Crippen LogP contribution in [0.15, 0.2) is 50.4 Å². The first-order chi connectivity index (χ1) is 12.4. The number of halogens is 1. The second-order valence-electron chi connectivity index (χ2n) is 6.25. The van der Waals surface area contributed by atoms with E-state index in [1.54, 1.807) is 24.3 Å². The van der Waals surface area contributed by atoms with E-state index >= 15 is 0 Å². The van der Waals surface area contributed by atoms with Crippen molar-refractivity contribution in [1.29, 1.82) is 0 Å². The molecule has 0 radical (unpaired) electrons. The van der Waals surface area contributed by atoms with Gasteiger partial charge in [0, 0.05) is 19.1 Å². The van der Waals surface area contributed by atoms with E-state index in [0.717, 1.165) is 12.0 Å². The summed E-state index contributed by atoms with van der Waals surface area (Å²) in [6, 6.07) is 10.2. The molecule has 1 saturated heterocycles. The zero-order valence-electron chi connectivity index (χ0n) is 14.4. The summed E-state index contributed by atoms with van der Waals surface area (Å²) in [6.07, 6.45) is 2.01. The number of aryl methyl sites for hydroxylation is 1. The molecule has 1 aliphatic rings. The van der Waals surface area contributed by atoms with Crippen LogP contribution in [-0.4, -0.2) is 37.8 Å². The Balaban J connectivity index is 1.59. The second-order valence-corrected chi connectivity index (χ2v) is 8.97. The van der Waals surface area contributed by atoms with Gasteiger partial charge in [0.15, 0.2) is 10.4 Å². The molecule has 1 amide bonds. The zero-order chi connectivity index (χ0) is 18.7. The molecule has 1 aromatic carbocycles. The molecule has 0 bridgehead atoms. The standard InChI is InChI=1S/C18H21BrN2O4S/c1-2-13-3-5-15(6-4-13)26(23,24)21-11-9-14(10-12-21)20-18(22)16-7-8-17(19)25-16/h3-8,14H,2,9-12H2,1H3,(H,20,22). The van der Waals surface area contributed by atoms with Gasteiger partial charge in [0.05, 0.1) is 4.90 Å². The molecule has 3 rings (SSSR count). The first kappa shape index (κ1) is 19.1. The number of carbonyl (C=O) groups is 1. The van der Waals surface area contributed by atoms with Gasteiger partial charge in [0.2, 0.25) is 10.0 Å². The lowest BCUT2D eigenvalue weighted by Gasteiger charge is -2.31. The summed E-state index contributed by atoms with van der Waals surface area (Å²) in [4.78, 5) is 12.4. The number of nitrogens with zero attached hydrogens (tertiary/aromatic N) is 1. The molecule has 6 nitrogen and oxygen atoms in total. The Morgan fingerprint density at radius 1 is 1.19 bits per heavy atom. The summed E-state index contributed by atoms with van der Waals surface area (Å²) < 4.78 is 32.7. The van der Waals surface area contributed by atoms with Crippen molar-refractivity contribution in [1.82, 2.24) is 9.62 Å². The van der Waals surface area contributed by atoms with Gasteiger partial charge < -0.3 is 9.73 Å². The minimum atomic E-state index is -3.49. The summed E-state index contributed by atoms with van der Waals surface area (Å²) in [5.74, 6) is -0.0462. The summed E-state index contributed by atoms with van der Waals surface area (Å²) in [7, 11) is -3.49. The van der Waals surface area contributed by atoms with Gasteiger partial charge in [-0.2, -0.15) is 4.31 Å². The Hall–Kier alpha value is -1.64. The third-order valence-corrected chi connectivity index (χ3v) is 6.89. The van der Waals surface area contributed by atoms with E-state index in [1.165, 1.54) is 4.31 Å². The van der Waals surface area contributed by atoms with Crippen LogP contribution in [0.1, 0.15) is 35.9 Å². The molecule has 0 aliphatic carbocycles. The molecule has 1 N–H and O–H groups in total.